The molecule has 0 unspecified atom stereocenters. The molecule has 0 saturated heterocycles. The molecule has 0 amide bonds. The zero-order valence-corrected chi connectivity index (χ0v) is 13.9. The first kappa shape index (κ1) is 15.3. The van der Waals surface area contributed by atoms with Gasteiger partial charge in [-0.15, -0.1) is 0 Å². The third-order valence-electron chi connectivity index (χ3n) is 4.08. The highest BCUT2D eigenvalue weighted by molar-refractivity contribution is 5.92. The summed E-state index contributed by atoms with van der Waals surface area (Å²) in [4.78, 5) is 16.6. The lowest BCUT2D eigenvalue weighted by Crippen LogP contribution is -2.30. The van der Waals surface area contributed by atoms with Crippen molar-refractivity contribution >= 4 is 5.97 Å². The number of carbonyl (C=O) groups excluding carboxylic acids is 1. The van der Waals surface area contributed by atoms with Crippen LogP contribution in [0.4, 0.5) is 0 Å². The van der Waals surface area contributed by atoms with E-state index in [9.17, 15) is 4.79 Å². The molecule has 0 bridgehead atoms. The van der Waals surface area contributed by atoms with E-state index in [1.807, 2.05) is 38.1 Å². The molecular formula is C18H19NO4. The number of esters is 1. The van der Waals surface area contributed by atoms with Crippen molar-refractivity contribution in [1.29, 1.82) is 0 Å². The number of benzene rings is 1. The van der Waals surface area contributed by atoms with Gasteiger partial charge in [0.05, 0.1) is 31.2 Å². The van der Waals surface area contributed by atoms with Crippen LogP contribution < -0.4 is 9.47 Å². The number of aromatic nitrogens is 1. The van der Waals surface area contributed by atoms with Crippen molar-refractivity contribution in [3.05, 3.63) is 41.1 Å². The highest BCUT2D eigenvalue weighted by Crippen LogP contribution is 2.45. The highest BCUT2D eigenvalue weighted by atomic mass is 16.5. The Hall–Kier alpha value is -2.56. The summed E-state index contributed by atoms with van der Waals surface area (Å²) in [7, 11) is 2.99. The fourth-order valence-electron chi connectivity index (χ4n) is 2.83. The van der Waals surface area contributed by atoms with Crippen LogP contribution >= 0.6 is 0 Å². The van der Waals surface area contributed by atoms with Crippen LogP contribution in [0.15, 0.2) is 24.3 Å². The number of ether oxygens (including phenoxy) is 3. The van der Waals surface area contributed by atoms with Crippen LogP contribution in [0, 0.1) is 6.92 Å². The molecule has 1 aliphatic rings. The number of carbonyl (C=O) groups is 1. The van der Waals surface area contributed by atoms with Crippen molar-refractivity contribution in [2.75, 3.05) is 14.2 Å². The van der Waals surface area contributed by atoms with Gasteiger partial charge in [-0.3, -0.25) is 4.98 Å². The van der Waals surface area contributed by atoms with Gasteiger partial charge in [0, 0.05) is 17.2 Å². The van der Waals surface area contributed by atoms with E-state index in [2.05, 4.69) is 4.98 Å². The van der Waals surface area contributed by atoms with Crippen LogP contribution in [0.5, 0.6) is 11.5 Å². The molecule has 5 heteroatoms. The van der Waals surface area contributed by atoms with Crippen LogP contribution in [0.1, 0.15) is 35.5 Å². The van der Waals surface area contributed by atoms with Crippen LogP contribution in [-0.4, -0.2) is 25.2 Å². The minimum absolute atomic E-state index is 0.394. The molecule has 0 N–H and O–H groups in total. The second-order valence-electron chi connectivity index (χ2n) is 5.98. The van der Waals surface area contributed by atoms with Gasteiger partial charge in [-0.25, -0.2) is 4.79 Å². The van der Waals surface area contributed by atoms with Gasteiger partial charge < -0.3 is 14.2 Å². The molecule has 0 fully saturated rings. The van der Waals surface area contributed by atoms with Crippen molar-refractivity contribution in [3.8, 4) is 22.8 Å². The van der Waals surface area contributed by atoms with Crippen molar-refractivity contribution in [1.82, 2.24) is 4.98 Å². The van der Waals surface area contributed by atoms with Crippen molar-refractivity contribution in [2.45, 2.75) is 26.4 Å². The summed E-state index contributed by atoms with van der Waals surface area (Å²) in [5.41, 5.74) is 3.05. The minimum Gasteiger partial charge on any atom is -0.497 e. The Morgan fingerprint density at radius 1 is 1.22 bits per heavy atom. The lowest BCUT2D eigenvalue weighted by molar-refractivity contribution is 0.0598. The van der Waals surface area contributed by atoms with Gasteiger partial charge in [-0.2, -0.15) is 0 Å². The van der Waals surface area contributed by atoms with Crippen LogP contribution in [-0.2, 0) is 10.3 Å². The lowest BCUT2D eigenvalue weighted by Gasteiger charge is -2.34. The second kappa shape index (κ2) is 5.26. The van der Waals surface area contributed by atoms with Crippen LogP contribution in [0.2, 0.25) is 0 Å². The van der Waals surface area contributed by atoms with E-state index in [0.29, 0.717) is 11.3 Å². The summed E-state index contributed by atoms with van der Waals surface area (Å²) in [6.45, 7) is 5.71. The van der Waals surface area contributed by atoms with Crippen molar-refractivity contribution < 1.29 is 19.0 Å². The summed E-state index contributed by atoms with van der Waals surface area (Å²) in [6.07, 6.45) is 0. The zero-order chi connectivity index (χ0) is 16.8. The highest BCUT2D eigenvalue weighted by Gasteiger charge is 2.35. The second-order valence-corrected chi connectivity index (χ2v) is 5.98. The van der Waals surface area contributed by atoms with Gasteiger partial charge in [0.25, 0.3) is 0 Å². The average Bonchev–Trinajstić information content (AvgIpc) is 2.52. The molecule has 1 aromatic heterocycles. The maximum Gasteiger partial charge on any atom is 0.339 e. The monoisotopic (exact) mass is 313 g/mol. The number of hydrogen-bond acceptors (Lipinski definition) is 5. The van der Waals surface area contributed by atoms with Crippen LogP contribution in [0.25, 0.3) is 11.3 Å². The van der Waals surface area contributed by atoms with Gasteiger partial charge >= 0.3 is 5.97 Å². The lowest BCUT2D eigenvalue weighted by atomic mass is 9.88. The maximum absolute atomic E-state index is 11.9. The predicted octanol–water partition coefficient (Wildman–Crippen LogP) is 3.48. The fraction of sp³-hybridized carbons (Fsp3) is 0.333. The van der Waals surface area contributed by atoms with Gasteiger partial charge in [-0.05, 0) is 39.0 Å². The van der Waals surface area contributed by atoms with E-state index in [1.54, 1.807) is 14.0 Å². The number of aryl methyl sites for hydroxylation is 1. The Balaban J connectivity index is 2.25. The van der Waals surface area contributed by atoms with Crippen molar-refractivity contribution in [2.24, 2.45) is 0 Å². The summed E-state index contributed by atoms with van der Waals surface area (Å²) >= 11 is 0. The normalized spacial score (nSPS) is 14.3. The van der Waals surface area contributed by atoms with E-state index in [0.717, 1.165) is 28.3 Å². The Bertz CT molecular complexity index is 796. The molecule has 2 heterocycles. The number of fused-ring (bicyclic) bond motifs is 3. The summed E-state index contributed by atoms with van der Waals surface area (Å²) in [6, 6.07) is 7.46. The topological polar surface area (TPSA) is 57.7 Å². The van der Waals surface area contributed by atoms with Crippen molar-refractivity contribution in [3.63, 3.8) is 0 Å². The number of rotatable bonds is 2. The first-order valence-electron chi connectivity index (χ1n) is 7.35. The smallest absolute Gasteiger partial charge is 0.339 e. The molecular weight excluding hydrogens is 294 g/mol. The maximum atomic E-state index is 11.9. The zero-order valence-electron chi connectivity index (χ0n) is 13.9. The molecule has 2 aromatic rings. The summed E-state index contributed by atoms with van der Waals surface area (Å²) in [5, 5.41) is 0. The summed E-state index contributed by atoms with van der Waals surface area (Å²) < 4.78 is 16.2. The standard InChI is InChI=1S/C18H19NO4/c1-10-13(17(20)22-5)9-14-16(19-10)12-7-6-11(21-4)8-15(12)23-18(14,2)3/h6-9H,1-5H3. The number of pyridine rings is 1. The van der Waals surface area contributed by atoms with E-state index in [1.165, 1.54) is 7.11 Å². The Kier molecular flexibility index (Phi) is 3.51. The Morgan fingerprint density at radius 3 is 2.61 bits per heavy atom. The minimum atomic E-state index is -0.613. The molecule has 0 aliphatic carbocycles. The molecule has 3 rings (SSSR count). The molecule has 0 radical (unpaired) electrons. The first-order chi connectivity index (χ1) is 10.9. The average molecular weight is 313 g/mol. The van der Waals surface area contributed by atoms with Gasteiger partial charge in [0.1, 0.15) is 17.1 Å². The van der Waals surface area contributed by atoms with Gasteiger partial charge in [0.2, 0.25) is 0 Å². The number of hydrogen-bond donors (Lipinski definition) is 0. The van der Waals surface area contributed by atoms with E-state index < -0.39 is 11.6 Å². The van der Waals surface area contributed by atoms with E-state index in [-0.39, 0.29) is 0 Å². The fourth-order valence-corrected chi connectivity index (χ4v) is 2.83. The third-order valence-corrected chi connectivity index (χ3v) is 4.08. The SMILES string of the molecule is COC(=O)c1cc2c(nc1C)-c1ccc(OC)cc1OC2(C)C. The number of nitrogens with zero attached hydrogens (tertiary/aromatic N) is 1. The van der Waals surface area contributed by atoms with Gasteiger partial charge in [-0.1, -0.05) is 0 Å². The molecule has 1 aromatic carbocycles. The Labute approximate surface area is 135 Å². The predicted molar refractivity (Wildman–Crippen MR) is 86.0 cm³/mol. The molecule has 1 aliphatic heterocycles. The number of methoxy groups -OCH3 is 2. The molecule has 23 heavy (non-hydrogen) atoms. The first-order valence-corrected chi connectivity index (χ1v) is 7.35. The molecule has 120 valence electrons. The Morgan fingerprint density at radius 2 is 1.96 bits per heavy atom. The van der Waals surface area contributed by atoms with E-state index >= 15 is 0 Å². The van der Waals surface area contributed by atoms with E-state index in [4.69, 9.17) is 14.2 Å². The van der Waals surface area contributed by atoms with Crippen LogP contribution in [0.3, 0.4) is 0 Å². The largest absolute Gasteiger partial charge is 0.497 e. The quantitative estimate of drug-likeness (QED) is 0.794. The summed E-state index contributed by atoms with van der Waals surface area (Å²) in [5.74, 6) is 1.06. The third kappa shape index (κ3) is 2.42. The molecule has 5 nitrogen and oxygen atoms in total. The molecule has 0 spiro atoms. The molecule has 0 saturated carbocycles. The van der Waals surface area contributed by atoms with Gasteiger partial charge in [0.15, 0.2) is 0 Å². The molecule has 0 atom stereocenters.